The molecule has 1 fully saturated rings. The number of hydrogen-bond donors (Lipinski definition) is 6. The molecule has 0 aliphatic carbocycles. The standard InChI is InChI=1S/C55H99NO8/c1-3-5-7-9-11-13-15-17-19-20-21-22-23-24-25-26-27-28-29-30-31-32-34-36-38-40-42-44-49(58)48(47-63-55-54(62)53(61)52(60)50(46-57)64-55)56-51(59)45-43-41-39-37-35-33-18-16-14-12-10-8-6-4-2/h10,12,16,18,29-30,34,36,42,44,48-50,52-55,57-58,60-62H,3-9,11,13-15,17,19-28,31-33,35,37-41,43,45-47H2,1-2H3,(H,56,59)/b12-10-,18-16-,30-29+,36-34+,44-42+. The maximum atomic E-state index is 13.0. The van der Waals surface area contributed by atoms with Crippen molar-refractivity contribution in [3.63, 3.8) is 0 Å². The number of carbonyl (C=O) groups excluding carboxylic acids is 1. The van der Waals surface area contributed by atoms with Gasteiger partial charge in [0.05, 0.1) is 25.4 Å². The number of nitrogens with one attached hydrogen (secondary N) is 1. The van der Waals surface area contributed by atoms with Crippen LogP contribution in [0.4, 0.5) is 0 Å². The summed E-state index contributed by atoms with van der Waals surface area (Å²) in [5.41, 5.74) is 0. The highest BCUT2D eigenvalue weighted by atomic mass is 16.7. The average Bonchev–Trinajstić information content (AvgIpc) is 3.29. The molecule has 9 nitrogen and oxygen atoms in total. The number of hydrogen-bond acceptors (Lipinski definition) is 8. The molecule has 0 spiro atoms. The van der Waals surface area contributed by atoms with Crippen LogP contribution in [-0.4, -0.2) is 87.5 Å². The SMILES string of the molecule is CCCC/C=C\C/C=C\CCCCCCCC(=O)NC(COC1OC(CO)C(O)C(O)C1O)C(O)/C=C/CC/C=C/CC/C=C/CCCCCCCCCCCCCCCCCCC. The van der Waals surface area contributed by atoms with Crippen molar-refractivity contribution in [1.29, 1.82) is 0 Å². The van der Waals surface area contributed by atoms with E-state index >= 15 is 0 Å². The van der Waals surface area contributed by atoms with E-state index in [9.17, 15) is 30.3 Å². The molecule has 0 aromatic carbocycles. The molecule has 372 valence electrons. The minimum atomic E-state index is -1.58. The minimum absolute atomic E-state index is 0.207. The first-order chi connectivity index (χ1) is 31.3. The van der Waals surface area contributed by atoms with Crippen LogP contribution in [0.3, 0.4) is 0 Å². The molecule has 0 aromatic rings. The summed E-state index contributed by atoms with van der Waals surface area (Å²) in [7, 11) is 0. The maximum absolute atomic E-state index is 13.0. The van der Waals surface area contributed by atoms with Gasteiger partial charge in [0.25, 0.3) is 0 Å². The second-order valence-electron chi connectivity index (χ2n) is 18.3. The normalized spacial score (nSPS) is 20.5. The first kappa shape index (κ1) is 59.9. The highest BCUT2D eigenvalue weighted by Gasteiger charge is 2.44. The van der Waals surface area contributed by atoms with Crippen LogP contribution in [0.25, 0.3) is 0 Å². The van der Waals surface area contributed by atoms with Crippen molar-refractivity contribution in [2.45, 2.75) is 269 Å². The van der Waals surface area contributed by atoms with Crippen LogP contribution in [0.2, 0.25) is 0 Å². The number of amides is 1. The van der Waals surface area contributed by atoms with Crippen molar-refractivity contribution < 1.29 is 39.8 Å². The Morgan fingerprint density at radius 1 is 0.531 bits per heavy atom. The van der Waals surface area contributed by atoms with Gasteiger partial charge in [0.2, 0.25) is 5.91 Å². The topological polar surface area (TPSA) is 149 Å². The number of unbranched alkanes of at least 4 members (excludes halogenated alkanes) is 26. The van der Waals surface area contributed by atoms with E-state index < -0.39 is 49.5 Å². The average molecular weight is 902 g/mol. The predicted molar refractivity (Wildman–Crippen MR) is 267 cm³/mol. The van der Waals surface area contributed by atoms with Crippen molar-refractivity contribution in [2.24, 2.45) is 0 Å². The molecular formula is C55H99NO8. The Balaban J connectivity index is 2.29. The Kier molecular flexibility index (Phi) is 41.9. The summed E-state index contributed by atoms with van der Waals surface area (Å²) in [5, 5.41) is 54.3. The van der Waals surface area contributed by atoms with Crippen molar-refractivity contribution in [3.05, 3.63) is 60.8 Å². The van der Waals surface area contributed by atoms with E-state index in [1.165, 1.54) is 128 Å². The molecule has 0 saturated carbocycles. The summed E-state index contributed by atoms with van der Waals surface area (Å²) in [5.74, 6) is -0.207. The second kappa shape index (κ2) is 44.7. The second-order valence-corrected chi connectivity index (χ2v) is 18.3. The zero-order chi connectivity index (χ0) is 46.6. The van der Waals surface area contributed by atoms with Gasteiger partial charge in [-0.15, -0.1) is 0 Å². The summed E-state index contributed by atoms with van der Waals surface area (Å²) < 4.78 is 11.2. The van der Waals surface area contributed by atoms with Crippen LogP contribution in [0.15, 0.2) is 60.8 Å². The van der Waals surface area contributed by atoms with E-state index in [1.54, 1.807) is 6.08 Å². The summed E-state index contributed by atoms with van der Waals surface area (Å²) in [4.78, 5) is 13.0. The van der Waals surface area contributed by atoms with Crippen LogP contribution in [0.1, 0.15) is 226 Å². The summed E-state index contributed by atoms with van der Waals surface area (Å²) in [6.45, 7) is 3.71. The molecule has 0 aromatic heterocycles. The Bertz CT molecular complexity index is 1180. The van der Waals surface area contributed by atoms with Gasteiger partial charge in [0.1, 0.15) is 24.4 Å². The highest BCUT2D eigenvalue weighted by molar-refractivity contribution is 5.76. The number of aliphatic hydroxyl groups is 5. The molecule has 1 saturated heterocycles. The fourth-order valence-corrected chi connectivity index (χ4v) is 8.03. The number of aliphatic hydroxyl groups excluding tert-OH is 5. The molecule has 7 atom stereocenters. The van der Waals surface area contributed by atoms with Crippen molar-refractivity contribution in [2.75, 3.05) is 13.2 Å². The number of ether oxygens (including phenoxy) is 2. The molecule has 1 aliphatic heterocycles. The first-order valence-electron chi connectivity index (χ1n) is 26.5. The zero-order valence-corrected chi connectivity index (χ0v) is 41.0. The van der Waals surface area contributed by atoms with Gasteiger partial charge in [0.15, 0.2) is 6.29 Å². The smallest absolute Gasteiger partial charge is 0.220 e. The van der Waals surface area contributed by atoms with Crippen LogP contribution < -0.4 is 5.32 Å². The van der Waals surface area contributed by atoms with Gasteiger partial charge >= 0.3 is 0 Å². The van der Waals surface area contributed by atoms with Crippen LogP contribution in [0.5, 0.6) is 0 Å². The fraction of sp³-hybridized carbons (Fsp3) is 0.800. The molecule has 1 amide bonds. The quantitative estimate of drug-likeness (QED) is 0.0262. The van der Waals surface area contributed by atoms with E-state index in [1.807, 2.05) is 6.08 Å². The Labute approximate surface area is 392 Å². The molecule has 0 radical (unpaired) electrons. The molecule has 0 bridgehead atoms. The van der Waals surface area contributed by atoms with Crippen LogP contribution >= 0.6 is 0 Å². The first-order valence-corrected chi connectivity index (χ1v) is 26.5. The number of allylic oxidation sites excluding steroid dienone is 9. The van der Waals surface area contributed by atoms with Gasteiger partial charge in [-0.1, -0.05) is 209 Å². The van der Waals surface area contributed by atoms with Gasteiger partial charge in [-0.2, -0.15) is 0 Å². The fourth-order valence-electron chi connectivity index (χ4n) is 8.03. The number of carbonyl (C=O) groups is 1. The third-order valence-corrected chi connectivity index (χ3v) is 12.3. The summed E-state index contributed by atoms with van der Waals surface area (Å²) >= 11 is 0. The third kappa shape index (κ3) is 34.2. The summed E-state index contributed by atoms with van der Waals surface area (Å²) in [6, 6.07) is -0.837. The van der Waals surface area contributed by atoms with Crippen molar-refractivity contribution in [1.82, 2.24) is 5.32 Å². The van der Waals surface area contributed by atoms with Gasteiger partial charge < -0.3 is 40.3 Å². The summed E-state index contributed by atoms with van der Waals surface area (Å²) in [6.07, 6.45) is 52.9. The molecule has 9 heteroatoms. The van der Waals surface area contributed by atoms with Gasteiger partial charge in [0, 0.05) is 6.42 Å². The van der Waals surface area contributed by atoms with Crippen LogP contribution in [0, 0.1) is 0 Å². The maximum Gasteiger partial charge on any atom is 0.220 e. The molecule has 64 heavy (non-hydrogen) atoms. The molecule has 1 heterocycles. The van der Waals surface area contributed by atoms with E-state index in [-0.39, 0.29) is 12.5 Å². The monoisotopic (exact) mass is 902 g/mol. The number of rotatable bonds is 44. The Hall–Kier alpha value is -2.11. The largest absolute Gasteiger partial charge is 0.394 e. The molecule has 7 unspecified atom stereocenters. The van der Waals surface area contributed by atoms with Crippen molar-refractivity contribution in [3.8, 4) is 0 Å². The van der Waals surface area contributed by atoms with Crippen molar-refractivity contribution >= 4 is 5.91 Å². The molecule has 1 aliphatic rings. The van der Waals surface area contributed by atoms with E-state index in [2.05, 4.69) is 67.8 Å². The molecule has 1 rings (SSSR count). The highest BCUT2D eigenvalue weighted by Crippen LogP contribution is 2.23. The molecular weight excluding hydrogens is 803 g/mol. The van der Waals surface area contributed by atoms with Gasteiger partial charge in [-0.3, -0.25) is 4.79 Å². The van der Waals surface area contributed by atoms with E-state index in [0.29, 0.717) is 6.42 Å². The minimum Gasteiger partial charge on any atom is -0.394 e. The third-order valence-electron chi connectivity index (χ3n) is 12.3. The van der Waals surface area contributed by atoms with E-state index in [4.69, 9.17) is 9.47 Å². The lowest BCUT2D eigenvalue weighted by atomic mass is 9.99. The zero-order valence-electron chi connectivity index (χ0n) is 41.0. The van der Waals surface area contributed by atoms with Gasteiger partial charge in [-0.25, -0.2) is 0 Å². The van der Waals surface area contributed by atoms with Crippen LogP contribution in [-0.2, 0) is 14.3 Å². The van der Waals surface area contributed by atoms with E-state index in [0.717, 1.165) is 77.0 Å². The lowest BCUT2D eigenvalue weighted by Crippen LogP contribution is -2.60. The predicted octanol–water partition coefficient (Wildman–Crippen LogP) is 12.3. The Morgan fingerprint density at radius 3 is 1.45 bits per heavy atom. The lowest BCUT2D eigenvalue weighted by molar-refractivity contribution is -0.302. The lowest BCUT2D eigenvalue weighted by Gasteiger charge is -2.40. The molecule has 6 N–H and O–H groups in total. The Morgan fingerprint density at radius 2 is 0.953 bits per heavy atom. The van der Waals surface area contributed by atoms with Gasteiger partial charge in [-0.05, 0) is 70.6 Å².